The van der Waals surface area contributed by atoms with E-state index in [0.29, 0.717) is 31.7 Å². The smallest absolute Gasteiger partial charge is 0.271 e. The summed E-state index contributed by atoms with van der Waals surface area (Å²) in [6.45, 7) is 7.26. The van der Waals surface area contributed by atoms with Crippen molar-refractivity contribution in [3.8, 4) is 5.69 Å². The normalized spacial score (nSPS) is 16.6. The standard InChI is InChI=1S/C19H25N3O3/c1-13-8-14(2)10-16(9-13)22-15(3)11-17(21-22)18(23)20-12-19(24)4-6-25-7-5-19/h8-11,24H,4-7,12H2,1-3H3,(H,20,23). The van der Waals surface area contributed by atoms with Gasteiger partial charge in [-0.2, -0.15) is 5.10 Å². The number of hydrogen-bond acceptors (Lipinski definition) is 4. The van der Waals surface area contributed by atoms with E-state index in [-0.39, 0.29) is 12.5 Å². The number of hydrogen-bond donors (Lipinski definition) is 2. The van der Waals surface area contributed by atoms with Gasteiger partial charge in [-0.3, -0.25) is 4.79 Å². The monoisotopic (exact) mass is 343 g/mol. The Bertz CT molecular complexity index is 756. The summed E-state index contributed by atoms with van der Waals surface area (Å²) in [7, 11) is 0. The number of carbonyl (C=O) groups excluding carboxylic acids is 1. The number of carbonyl (C=O) groups is 1. The second-order valence-electron chi connectivity index (χ2n) is 6.95. The predicted octanol–water partition coefficient (Wildman–Crippen LogP) is 2.07. The van der Waals surface area contributed by atoms with Gasteiger partial charge in [-0.1, -0.05) is 6.07 Å². The molecule has 0 aliphatic carbocycles. The zero-order valence-corrected chi connectivity index (χ0v) is 15.0. The Hall–Kier alpha value is -2.18. The Kier molecular flexibility index (Phi) is 4.92. The van der Waals surface area contributed by atoms with Gasteiger partial charge in [0.15, 0.2) is 5.69 Å². The molecule has 0 saturated carbocycles. The molecular formula is C19H25N3O3. The Morgan fingerprint density at radius 2 is 1.84 bits per heavy atom. The molecule has 2 heterocycles. The summed E-state index contributed by atoms with van der Waals surface area (Å²) >= 11 is 0. The number of aromatic nitrogens is 2. The molecule has 0 spiro atoms. The van der Waals surface area contributed by atoms with Crippen molar-refractivity contribution in [3.63, 3.8) is 0 Å². The SMILES string of the molecule is Cc1cc(C)cc(-n2nc(C(=O)NCC3(O)CCOCC3)cc2C)c1. The number of ether oxygens (including phenoxy) is 1. The first-order valence-electron chi connectivity index (χ1n) is 8.60. The minimum absolute atomic E-state index is 0.213. The van der Waals surface area contributed by atoms with Gasteiger partial charge >= 0.3 is 0 Å². The lowest BCUT2D eigenvalue weighted by molar-refractivity contribution is -0.0605. The maximum Gasteiger partial charge on any atom is 0.271 e. The van der Waals surface area contributed by atoms with Crippen LogP contribution < -0.4 is 5.32 Å². The molecule has 2 aromatic rings. The highest BCUT2D eigenvalue weighted by Gasteiger charge is 2.30. The molecule has 0 bridgehead atoms. The highest BCUT2D eigenvalue weighted by molar-refractivity contribution is 5.92. The van der Waals surface area contributed by atoms with Crippen molar-refractivity contribution in [1.82, 2.24) is 15.1 Å². The van der Waals surface area contributed by atoms with Gasteiger partial charge in [0.2, 0.25) is 0 Å². The van der Waals surface area contributed by atoms with Crippen LogP contribution >= 0.6 is 0 Å². The molecule has 134 valence electrons. The lowest BCUT2D eigenvalue weighted by atomic mass is 9.94. The van der Waals surface area contributed by atoms with Gasteiger partial charge < -0.3 is 15.2 Å². The molecule has 0 unspecified atom stereocenters. The van der Waals surface area contributed by atoms with Crippen LogP contribution in [0.15, 0.2) is 24.3 Å². The van der Waals surface area contributed by atoms with Crippen molar-refractivity contribution in [2.24, 2.45) is 0 Å². The topological polar surface area (TPSA) is 76.4 Å². The van der Waals surface area contributed by atoms with E-state index in [1.807, 2.05) is 32.9 Å². The van der Waals surface area contributed by atoms with Gasteiger partial charge in [-0.25, -0.2) is 4.68 Å². The van der Waals surface area contributed by atoms with Crippen LogP contribution in [0, 0.1) is 20.8 Å². The minimum atomic E-state index is -0.890. The molecule has 1 saturated heterocycles. The second-order valence-corrected chi connectivity index (χ2v) is 6.95. The fourth-order valence-corrected chi connectivity index (χ4v) is 3.18. The van der Waals surface area contributed by atoms with Crippen molar-refractivity contribution in [2.75, 3.05) is 19.8 Å². The van der Waals surface area contributed by atoms with E-state index in [4.69, 9.17) is 4.74 Å². The number of aliphatic hydroxyl groups is 1. The first-order chi connectivity index (χ1) is 11.9. The third kappa shape index (κ3) is 4.08. The summed E-state index contributed by atoms with van der Waals surface area (Å²) in [5.74, 6) is -0.272. The first kappa shape index (κ1) is 17.6. The van der Waals surface area contributed by atoms with E-state index in [2.05, 4.69) is 16.5 Å². The molecular weight excluding hydrogens is 318 g/mol. The Balaban J connectivity index is 1.74. The van der Waals surface area contributed by atoms with Crippen LogP contribution in [0.2, 0.25) is 0 Å². The molecule has 0 radical (unpaired) electrons. The van der Waals surface area contributed by atoms with Gasteiger partial charge in [0.1, 0.15) is 0 Å². The Morgan fingerprint density at radius 3 is 2.48 bits per heavy atom. The molecule has 1 amide bonds. The molecule has 6 heteroatoms. The summed E-state index contributed by atoms with van der Waals surface area (Å²) in [6, 6.07) is 7.95. The maximum absolute atomic E-state index is 12.4. The number of nitrogens with zero attached hydrogens (tertiary/aromatic N) is 2. The molecule has 25 heavy (non-hydrogen) atoms. The fraction of sp³-hybridized carbons (Fsp3) is 0.474. The van der Waals surface area contributed by atoms with Crippen LogP contribution in [0.25, 0.3) is 5.69 Å². The van der Waals surface area contributed by atoms with Crippen molar-refractivity contribution in [1.29, 1.82) is 0 Å². The zero-order valence-electron chi connectivity index (χ0n) is 15.0. The van der Waals surface area contributed by atoms with Gasteiger partial charge in [0, 0.05) is 38.3 Å². The molecule has 2 N–H and O–H groups in total. The predicted molar refractivity (Wildman–Crippen MR) is 95.1 cm³/mol. The van der Waals surface area contributed by atoms with Crippen molar-refractivity contribution in [3.05, 3.63) is 46.8 Å². The molecule has 1 aliphatic heterocycles. The van der Waals surface area contributed by atoms with E-state index in [1.54, 1.807) is 10.7 Å². The van der Waals surface area contributed by atoms with E-state index in [1.165, 1.54) is 0 Å². The van der Waals surface area contributed by atoms with Crippen LogP contribution in [-0.4, -0.2) is 46.2 Å². The third-order valence-electron chi connectivity index (χ3n) is 4.57. The van der Waals surface area contributed by atoms with Crippen LogP contribution in [0.4, 0.5) is 0 Å². The molecule has 0 atom stereocenters. The molecule has 1 aliphatic rings. The van der Waals surface area contributed by atoms with Crippen LogP contribution in [0.3, 0.4) is 0 Å². The van der Waals surface area contributed by atoms with Crippen molar-refractivity contribution in [2.45, 2.75) is 39.2 Å². The Morgan fingerprint density at radius 1 is 1.20 bits per heavy atom. The lowest BCUT2D eigenvalue weighted by Crippen LogP contribution is -2.46. The number of benzene rings is 1. The number of nitrogens with one attached hydrogen (secondary N) is 1. The van der Waals surface area contributed by atoms with E-state index in [9.17, 15) is 9.90 Å². The van der Waals surface area contributed by atoms with Gasteiger partial charge in [0.25, 0.3) is 5.91 Å². The number of rotatable bonds is 4. The number of amides is 1. The summed E-state index contributed by atoms with van der Waals surface area (Å²) < 4.78 is 7.03. The van der Waals surface area contributed by atoms with E-state index >= 15 is 0 Å². The average Bonchev–Trinajstić information content (AvgIpc) is 2.94. The van der Waals surface area contributed by atoms with Gasteiger partial charge in [-0.05, 0) is 50.1 Å². The first-order valence-corrected chi connectivity index (χ1v) is 8.60. The minimum Gasteiger partial charge on any atom is -0.388 e. The average molecular weight is 343 g/mol. The molecule has 3 rings (SSSR count). The summed E-state index contributed by atoms with van der Waals surface area (Å²) in [4.78, 5) is 12.4. The number of aryl methyl sites for hydroxylation is 3. The highest BCUT2D eigenvalue weighted by Crippen LogP contribution is 2.20. The van der Waals surface area contributed by atoms with Crippen LogP contribution in [-0.2, 0) is 4.74 Å². The molecule has 1 aromatic heterocycles. The van der Waals surface area contributed by atoms with Gasteiger partial charge in [-0.15, -0.1) is 0 Å². The van der Waals surface area contributed by atoms with Crippen molar-refractivity contribution >= 4 is 5.91 Å². The third-order valence-corrected chi connectivity index (χ3v) is 4.57. The quantitative estimate of drug-likeness (QED) is 0.891. The molecule has 1 fully saturated rings. The largest absolute Gasteiger partial charge is 0.388 e. The van der Waals surface area contributed by atoms with Gasteiger partial charge in [0.05, 0.1) is 11.3 Å². The lowest BCUT2D eigenvalue weighted by Gasteiger charge is -2.31. The highest BCUT2D eigenvalue weighted by atomic mass is 16.5. The summed E-state index contributed by atoms with van der Waals surface area (Å²) in [5, 5.41) is 17.7. The summed E-state index contributed by atoms with van der Waals surface area (Å²) in [6.07, 6.45) is 1.06. The van der Waals surface area contributed by atoms with Crippen LogP contribution in [0.5, 0.6) is 0 Å². The summed E-state index contributed by atoms with van der Waals surface area (Å²) in [5.41, 5.74) is 3.60. The van der Waals surface area contributed by atoms with E-state index in [0.717, 1.165) is 22.5 Å². The van der Waals surface area contributed by atoms with Crippen LogP contribution in [0.1, 0.15) is 40.2 Å². The molecule has 6 nitrogen and oxygen atoms in total. The van der Waals surface area contributed by atoms with Crippen molar-refractivity contribution < 1.29 is 14.6 Å². The maximum atomic E-state index is 12.4. The van der Waals surface area contributed by atoms with E-state index < -0.39 is 5.60 Å². The second kappa shape index (κ2) is 6.98. The Labute approximate surface area is 147 Å². The fourth-order valence-electron chi connectivity index (χ4n) is 3.18. The zero-order chi connectivity index (χ0) is 18.0. The molecule has 1 aromatic carbocycles.